The average molecular weight is 374 g/mol. The molecule has 1 aromatic carbocycles. The fourth-order valence-electron chi connectivity index (χ4n) is 2.64. The maximum absolute atomic E-state index is 12.6. The van der Waals surface area contributed by atoms with E-state index in [-0.39, 0.29) is 29.3 Å². The number of ketones is 1. The van der Waals surface area contributed by atoms with Crippen LogP contribution in [0.4, 0.5) is 11.5 Å². The Kier molecular flexibility index (Phi) is 4.90. The van der Waals surface area contributed by atoms with Gasteiger partial charge < -0.3 is 10.1 Å². The molecule has 1 aliphatic rings. The van der Waals surface area contributed by atoms with Crippen LogP contribution >= 0.6 is 11.6 Å². The van der Waals surface area contributed by atoms with Gasteiger partial charge in [-0.15, -0.1) is 0 Å². The van der Waals surface area contributed by atoms with Gasteiger partial charge in [0.25, 0.3) is 5.91 Å². The number of amides is 2. The molecule has 0 spiro atoms. The summed E-state index contributed by atoms with van der Waals surface area (Å²) in [5.74, 6) is -0.233. The van der Waals surface area contributed by atoms with E-state index in [1.807, 2.05) is 0 Å². The second-order valence-corrected chi connectivity index (χ2v) is 6.19. The lowest BCUT2D eigenvalue weighted by Crippen LogP contribution is -2.49. The minimum atomic E-state index is -0.840. The van der Waals surface area contributed by atoms with Crippen molar-refractivity contribution in [2.24, 2.45) is 0 Å². The number of carbonyl (C=O) groups is 3. The number of nitrogens with zero attached hydrogens (tertiary/aromatic N) is 2. The van der Waals surface area contributed by atoms with E-state index in [2.05, 4.69) is 10.3 Å². The van der Waals surface area contributed by atoms with Crippen LogP contribution in [0.15, 0.2) is 36.4 Å². The van der Waals surface area contributed by atoms with Crippen LogP contribution in [0.2, 0.25) is 5.15 Å². The quantitative estimate of drug-likeness (QED) is 0.657. The molecule has 0 bridgehead atoms. The van der Waals surface area contributed by atoms with Gasteiger partial charge in [-0.3, -0.25) is 19.3 Å². The topological polar surface area (TPSA) is 88.6 Å². The zero-order chi connectivity index (χ0) is 18.8. The number of carbonyl (C=O) groups excluding carboxylic acids is 3. The van der Waals surface area contributed by atoms with Crippen molar-refractivity contribution in [3.8, 4) is 5.75 Å². The summed E-state index contributed by atoms with van der Waals surface area (Å²) in [6.45, 7) is 2.84. The van der Waals surface area contributed by atoms with Crippen LogP contribution < -0.4 is 15.0 Å². The Labute approximate surface area is 154 Å². The van der Waals surface area contributed by atoms with Crippen molar-refractivity contribution in [3.05, 3.63) is 47.1 Å². The summed E-state index contributed by atoms with van der Waals surface area (Å²) in [5, 5.41) is 2.88. The van der Waals surface area contributed by atoms with E-state index in [1.54, 1.807) is 43.3 Å². The summed E-state index contributed by atoms with van der Waals surface area (Å²) in [7, 11) is 0. The Morgan fingerprint density at radius 1 is 1.31 bits per heavy atom. The Morgan fingerprint density at radius 3 is 2.77 bits per heavy atom. The third-order valence-electron chi connectivity index (χ3n) is 3.98. The molecule has 134 valence electrons. The molecule has 0 saturated heterocycles. The van der Waals surface area contributed by atoms with Gasteiger partial charge in [0.2, 0.25) is 5.91 Å². The smallest absolute Gasteiger partial charge is 0.265 e. The van der Waals surface area contributed by atoms with Crippen molar-refractivity contribution in [1.29, 1.82) is 0 Å². The molecule has 1 aliphatic heterocycles. The predicted molar refractivity (Wildman–Crippen MR) is 96.8 cm³/mol. The second-order valence-electron chi connectivity index (χ2n) is 5.80. The summed E-state index contributed by atoms with van der Waals surface area (Å²) in [4.78, 5) is 42.0. The van der Waals surface area contributed by atoms with Crippen molar-refractivity contribution in [2.75, 3.05) is 16.8 Å². The van der Waals surface area contributed by atoms with Gasteiger partial charge in [-0.1, -0.05) is 17.7 Å². The molecule has 2 aromatic rings. The Balaban J connectivity index is 1.90. The molecule has 1 atom stereocenters. The lowest BCUT2D eigenvalue weighted by Gasteiger charge is -2.33. The minimum absolute atomic E-state index is 0.147. The predicted octanol–water partition coefficient (Wildman–Crippen LogP) is 2.69. The van der Waals surface area contributed by atoms with E-state index in [0.29, 0.717) is 17.0 Å². The van der Waals surface area contributed by atoms with Gasteiger partial charge >= 0.3 is 0 Å². The second kappa shape index (κ2) is 7.13. The van der Waals surface area contributed by atoms with Crippen LogP contribution in [-0.4, -0.2) is 35.2 Å². The summed E-state index contributed by atoms with van der Waals surface area (Å²) in [5.41, 5.74) is 0.812. The van der Waals surface area contributed by atoms with E-state index < -0.39 is 11.9 Å². The third-order valence-corrected chi connectivity index (χ3v) is 4.19. The van der Waals surface area contributed by atoms with Crippen LogP contribution in [-0.2, 0) is 9.59 Å². The Hall–Kier alpha value is -2.93. The van der Waals surface area contributed by atoms with Crippen LogP contribution in [0.5, 0.6) is 5.75 Å². The molecular weight excluding hydrogens is 358 g/mol. The van der Waals surface area contributed by atoms with Crippen molar-refractivity contribution in [1.82, 2.24) is 4.98 Å². The van der Waals surface area contributed by atoms with Crippen LogP contribution in [0.25, 0.3) is 0 Å². The highest BCUT2D eigenvalue weighted by Crippen LogP contribution is 2.34. The molecule has 0 fully saturated rings. The molecule has 8 heteroatoms. The molecular formula is C18H16ClN3O4. The first-order valence-corrected chi connectivity index (χ1v) is 8.28. The maximum Gasteiger partial charge on any atom is 0.265 e. The van der Waals surface area contributed by atoms with Gasteiger partial charge in [0.1, 0.15) is 22.8 Å². The van der Waals surface area contributed by atoms with Crippen LogP contribution in [0, 0.1) is 0 Å². The first kappa shape index (κ1) is 17.9. The number of pyridine rings is 1. The number of hydrogen-bond donors (Lipinski definition) is 1. The highest BCUT2D eigenvalue weighted by molar-refractivity contribution is 6.29. The number of fused-ring (bicyclic) bond motifs is 1. The number of nitrogens with one attached hydrogen (secondary N) is 1. The summed E-state index contributed by atoms with van der Waals surface area (Å²) < 4.78 is 5.40. The summed E-state index contributed by atoms with van der Waals surface area (Å²) in [6.07, 6.45) is 0. The zero-order valence-corrected chi connectivity index (χ0v) is 14.9. The molecule has 2 amide bonds. The van der Waals surface area contributed by atoms with Crippen LogP contribution in [0.3, 0.4) is 0 Å². The molecule has 3 rings (SSSR count). The van der Waals surface area contributed by atoms with Crippen LogP contribution in [0.1, 0.15) is 24.2 Å². The Bertz CT molecular complexity index is 900. The van der Waals surface area contributed by atoms with Gasteiger partial charge in [-0.2, -0.15) is 0 Å². The number of rotatable bonds is 4. The molecule has 2 heterocycles. The lowest BCUT2D eigenvalue weighted by molar-refractivity contribution is -0.125. The van der Waals surface area contributed by atoms with Gasteiger partial charge in [0.15, 0.2) is 12.4 Å². The Morgan fingerprint density at radius 2 is 2.08 bits per heavy atom. The number of anilines is 2. The van der Waals surface area contributed by atoms with E-state index in [0.717, 1.165) is 0 Å². The van der Waals surface area contributed by atoms with Crippen molar-refractivity contribution < 1.29 is 19.1 Å². The summed E-state index contributed by atoms with van der Waals surface area (Å²) in [6, 6.07) is 8.79. The highest BCUT2D eigenvalue weighted by atomic mass is 35.5. The molecule has 26 heavy (non-hydrogen) atoms. The number of benzene rings is 1. The van der Waals surface area contributed by atoms with E-state index in [9.17, 15) is 14.4 Å². The van der Waals surface area contributed by atoms with Crippen molar-refractivity contribution in [2.45, 2.75) is 19.9 Å². The maximum atomic E-state index is 12.6. The largest absolute Gasteiger partial charge is 0.482 e. The average Bonchev–Trinajstić information content (AvgIpc) is 2.60. The minimum Gasteiger partial charge on any atom is -0.482 e. The molecule has 1 unspecified atom stereocenters. The van der Waals surface area contributed by atoms with Crippen molar-refractivity contribution >= 4 is 40.7 Å². The van der Waals surface area contributed by atoms with E-state index in [4.69, 9.17) is 16.3 Å². The number of Topliss-reactive ketones (excluding diaryl/α,β-unsaturated/α-hetero) is 1. The molecule has 1 N–H and O–H groups in total. The SMILES string of the molecule is CC(=O)c1ccc2c(c1)N(C(C)C(=O)Nc1cccc(Cl)n1)C(=O)CO2. The lowest BCUT2D eigenvalue weighted by atomic mass is 10.1. The standard InChI is InChI=1S/C18H16ClN3O4/c1-10(18(25)21-16-5-3-4-15(19)20-16)22-13-8-12(11(2)23)6-7-14(13)26-9-17(22)24/h3-8,10H,9H2,1-2H3,(H,20,21,25). The number of halogens is 1. The molecule has 0 aliphatic carbocycles. The molecule has 0 saturated carbocycles. The fourth-order valence-corrected chi connectivity index (χ4v) is 2.80. The highest BCUT2D eigenvalue weighted by Gasteiger charge is 2.33. The molecule has 1 aromatic heterocycles. The van der Waals surface area contributed by atoms with Crippen molar-refractivity contribution in [3.63, 3.8) is 0 Å². The van der Waals surface area contributed by atoms with Gasteiger partial charge in [-0.05, 0) is 44.2 Å². The van der Waals surface area contributed by atoms with Gasteiger partial charge in [0.05, 0.1) is 5.69 Å². The number of ether oxygens (including phenoxy) is 1. The monoisotopic (exact) mass is 373 g/mol. The third kappa shape index (κ3) is 3.52. The molecule has 7 nitrogen and oxygen atoms in total. The fraction of sp³-hybridized carbons (Fsp3) is 0.222. The van der Waals surface area contributed by atoms with E-state index in [1.165, 1.54) is 11.8 Å². The zero-order valence-electron chi connectivity index (χ0n) is 14.2. The van der Waals surface area contributed by atoms with Gasteiger partial charge in [0, 0.05) is 5.56 Å². The van der Waals surface area contributed by atoms with E-state index >= 15 is 0 Å². The normalized spacial score (nSPS) is 14.3. The number of aromatic nitrogens is 1. The first-order valence-electron chi connectivity index (χ1n) is 7.90. The van der Waals surface area contributed by atoms with Gasteiger partial charge in [-0.25, -0.2) is 4.98 Å². The number of hydrogen-bond acceptors (Lipinski definition) is 5. The first-order chi connectivity index (χ1) is 12.4. The molecule has 0 radical (unpaired) electrons. The summed E-state index contributed by atoms with van der Waals surface area (Å²) >= 11 is 5.82.